The zero-order chi connectivity index (χ0) is 16.7. The molecule has 1 fully saturated rings. The predicted octanol–water partition coefficient (Wildman–Crippen LogP) is 4.05. The molecule has 23 heavy (non-hydrogen) atoms. The summed E-state index contributed by atoms with van der Waals surface area (Å²) in [5.41, 5.74) is 1.64. The van der Waals surface area contributed by atoms with Gasteiger partial charge < -0.3 is 9.47 Å². The van der Waals surface area contributed by atoms with Gasteiger partial charge in [0.1, 0.15) is 11.5 Å². The monoisotopic (exact) mass is 383 g/mol. The minimum absolute atomic E-state index is 0.0291. The van der Waals surface area contributed by atoms with Crippen LogP contribution in [0.3, 0.4) is 0 Å². The topological polar surface area (TPSA) is 38.8 Å². The van der Waals surface area contributed by atoms with Gasteiger partial charge in [0.05, 0.1) is 24.8 Å². The highest BCUT2D eigenvalue weighted by atomic mass is 79.9. The minimum atomic E-state index is 0.0291. The number of Topliss-reactive ketones (excluding diaryl/α,β-unsaturated/α-hetero) is 1. The summed E-state index contributed by atoms with van der Waals surface area (Å²) in [6.45, 7) is 5.13. The van der Waals surface area contributed by atoms with E-state index >= 15 is 0 Å². The molecule has 128 valence electrons. The fraction of sp³-hybridized carbons (Fsp3) is 0.611. The standard InChI is InChI=1S/C18H26BrNO3/c1-14(21)15-7-8-17(22-2)16(18(15)23-12-6-9-19)13-20-10-4-3-5-11-20/h7-8H,3-6,9-13H2,1-2H3. The highest BCUT2D eigenvalue weighted by Crippen LogP contribution is 2.34. The Kier molecular flexibility index (Phi) is 7.37. The molecule has 1 heterocycles. The van der Waals surface area contributed by atoms with Gasteiger partial charge in [0.15, 0.2) is 5.78 Å². The third-order valence-electron chi connectivity index (χ3n) is 4.17. The first-order chi connectivity index (χ1) is 11.2. The van der Waals surface area contributed by atoms with Crippen molar-refractivity contribution in [3.8, 4) is 11.5 Å². The summed E-state index contributed by atoms with van der Waals surface area (Å²) < 4.78 is 11.5. The Morgan fingerprint density at radius 2 is 2.00 bits per heavy atom. The highest BCUT2D eigenvalue weighted by molar-refractivity contribution is 9.09. The lowest BCUT2D eigenvalue weighted by atomic mass is 10.0. The molecule has 0 saturated carbocycles. The highest BCUT2D eigenvalue weighted by Gasteiger charge is 2.21. The van der Waals surface area contributed by atoms with Gasteiger partial charge in [-0.2, -0.15) is 0 Å². The Labute approximate surface area is 147 Å². The van der Waals surface area contributed by atoms with Crippen molar-refractivity contribution in [2.24, 2.45) is 0 Å². The van der Waals surface area contributed by atoms with Gasteiger partial charge >= 0.3 is 0 Å². The van der Waals surface area contributed by atoms with Gasteiger partial charge in [-0.25, -0.2) is 0 Å². The zero-order valence-electron chi connectivity index (χ0n) is 14.1. The molecular formula is C18H26BrNO3. The number of piperidine rings is 1. The first kappa shape index (κ1) is 18.3. The van der Waals surface area contributed by atoms with Crippen LogP contribution in [0.15, 0.2) is 12.1 Å². The summed E-state index contributed by atoms with van der Waals surface area (Å²) in [7, 11) is 1.67. The molecule has 0 bridgehead atoms. The number of nitrogens with zero attached hydrogens (tertiary/aromatic N) is 1. The Hall–Kier alpha value is -1.07. The molecule has 1 aliphatic heterocycles. The second-order valence-electron chi connectivity index (χ2n) is 5.91. The van der Waals surface area contributed by atoms with Crippen LogP contribution in [0.25, 0.3) is 0 Å². The van der Waals surface area contributed by atoms with Gasteiger partial charge in [-0.05, 0) is 51.4 Å². The number of ether oxygens (including phenoxy) is 2. The van der Waals surface area contributed by atoms with E-state index in [1.165, 1.54) is 19.3 Å². The van der Waals surface area contributed by atoms with E-state index < -0.39 is 0 Å². The minimum Gasteiger partial charge on any atom is -0.496 e. The molecule has 0 atom stereocenters. The maximum Gasteiger partial charge on any atom is 0.163 e. The molecule has 2 rings (SSSR count). The number of carbonyl (C=O) groups is 1. The van der Waals surface area contributed by atoms with E-state index in [4.69, 9.17) is 9.47 Å². The fourth-order valence-electron chi connectivity index (χ4n) is 2.96. The van der Waals surface area contributed by atoms with Crippen LogP contribution in [0.2, 0.25) is 0 Å². The molecule has 1 saturated heterocycles. The Bertz CT molecular complexity index is 527. The molecule has 0 N–H and O–H groups in total. The lowest BCUT2D eigenvalue weighted by Gasteiger charge is -2.28. The van der Waals surface area contributed by atoms with Crippen LogP contribution >= 0.6 is 15.9 Å². The van der Waals surface area contributed by atoms with E-state index in [1.807, 2.05) is 12.1 Å². The van der Waals surface area contributed by atoms with Crippen molar-refractivity contribution >= 4 is 21.7 Å². The third-order valence-corrected chi connectivity index (χ3v) is 4.73. The lowest BCUT2D eigenvalue weighted by Crippen LogP contribution is -2.29. The van der Waals surface area contributed by atoms with Crippen LogP contribution in [-0.4, -0.2) is 42.8 Å². The van der Waals surface area contributed by atoms with Crippen LogP contribution in [0, 0.1) is 0 Å². The normalized spacial score (nSPS) is 15.4. The van der Waals surface area contributed by atoms with Gasteiger partial charge in [0, 0.05) is 11.9 Å². The molecule has 0 aromatic heterocycles. The van der Waals surface area contributed by atoms with Gasteiger partial charge in [0.2, 0.25) is 0 Å². The lowest BCUT2D eigenvalue weighted by molar-refractivity contribution is 0.101. The molecule has 0 aliphatic carbocycles. The van der Waals surface area contributed by atoms with Gasteiger partial charge in [0.25, 0.3) is 0 Å². The van der Waals surface area contributed by atoms with Crippen LogP contribution < -0.4 is 9.47 Å². The van der Waals surface area contributed by atoms with Crippen molar-refractivity contribution in [2.45, 2.75) is 39.2 Å². The number of alkyl halides is 1. The summed E-state index contributed by atoms with van der Waals surface area (Å²) in [6, 6.07) is 3.69. The number of ketones is 1. The van der Waals surface area contributed by atoms with E-state index in [0.29, 0.717) is 17.9 Å². The molecule has 0 amide bonds. The largest absolute Gasteiger partial charge is 0.496 e. The van der Waals surface area contributed by atoms with E-state index in [1.54, 1.807) is 14.0 Å². The quantitative estimate of drug-likeness (QED) is 0.385. The van der Waals surface area contributed by atoms with Crippen molar-refractivity contribution in [1.29, 1.82) is 0 Å². The van der Waals surface area contributed by atoms with E-state index in [-0.39, 0.29) is 5.78 Å². The van der Waals surface area contributed by atoms with Crippen LogP contribution in [-0.2, 0) is 6.54 Å². The van der Waals surface area contributed by atoms with Crippen molar-refractivity contribution in [1.82, 2.24) is 4.90 Å². The van der Waals surface area contributed by atoms with Crippen molar-refractivity contribution in [3.05, 3.63) is 23.3 Å². The number of benzene rings is 1. The molecule has 4 nitrogen and oxygen atoms in total. The van der Waals surface area contributed by atoms with E-state index in [9.17, 15) is 4.79 Å². The number of methoxy groups -OCH3 is 1. The van der Waals surface area contributed by atoms with Crippen LogP contribution in [0.5, 0.6) is 11.5 Å². The number of likely N-dealkylation sites (tertiary alicyclic amines) is 1. The molecule has 1 aromatic rings. The van der Waals surface area contributed by atoms with Crippen molar-refractivity contribution in [3.63, 3.8) is 0 Å². The smallest absolute Gasteiger partial charge is 0.163 e. The first-order valence-corrected chi connectivity index (χ1v) is 9.41. The molecule has 0 unspecified atom stereocenters. The van der Waals surface area contributed by atoms with E-state index in [0.717, 1.165) is 42.7 Å². The summed E-state index contributed by atoms with van der Waals surface area (Å²) in [4.78, 5) is 14.4. The van der Waals surface area contributed by atoms with Gasteiger partial charge in [-0.1, -0.05) is 22.4 Å². The second kappa shape index (κ2) is 9.28. The molecule has 0 spiro atoms. The predicted molar refractivity (Wildman–Crippen MR) is 96.0 cm³/mol. The second-order valence-corrected chi connectivity index (χ2v) is 6.70. The summed E-state index contributed by atoms with van der Waals surface area (Å²) in [5, 5.41) is 0.883. The van der Waals surface area contributed by atoms with E-state index in [2.05, 4.69) is 20.8 Å². The number of halogens is 1. The summed E-state index contributed by atoms with van der Waals surface area (Å²) in [6.07, 6.45) is 4.66. The molecule has 1 aliphatic rings. The number of hydrogen-bond donors (Lipinski definition) is 0. The number of hydrogen-bond acceptors (Lipinski definition) is 4. The fourth-order valence-corrected chi connectivity index (χ4v) is 3.19. The maximum atomic E-state index is 12.0. The Balaban J connectivity index is 2.32. The third kappa shape index (κ3) is 4.95. The molecule has 1 aromatic carbocycles. The zero-order valence-corrected chi connectivity index (χ0v) is 15.7. The average molecular weight is 384 g/mol. The van der Waals surface area contributed by atoms with Crippen molar-refractivity contribution in [2.75, 3.05) is 32.1 Å². The first-order valence-electron chi connectivity index (χ1n) is 8.29. The number of rotatable bonds is 8. The van der Waals surface area contributed by atoms with Crippen LogP contribution in [0.1, 0.15) is 48.5 Å². The summed E-state index contributed by atoms with van der Waals surface area (Å²) >= 11 is 3.42. The van der Waals surface area contributed by atoms with Gasteiger partial charge in [-0.15, -0.1) is 0 Å². The molecular weight excluding hydrogens is 358 g/mol. The Morgan fingerprint density at radius 1 is 1.26 bits per heavy atom. The Morgan fingerprint density at radius 3 is 2.61 bits per heavy atom. The average Bonchev–Trinajstić information content (AvgIpc) is 2.56. The summed E-state index contributed by atoms with van der Waals surface area (Å²) in [5.74, 6) is 1.53. The maximum absolute atomic E-state index is 12.0. The molecule has 5 heteroatoms. The SMILES string of the molecule is COc1ccc(C(C)=O)c(OCCCBr)c1CN1CCCCC1. The van der Waals surface area contributed by atoms with Gasteiger partial charge in [-0.3, -0.25) is 9.69 Å². The molecule has 0 radical (unpaired) electrons. The van der Waals surface area contributed by atoms with Crippen LogP contribution in [0.4, 0.5) is 0 Å². The van der Waals surface area contributed by atoms with Crippen molar-refractivity contribution < 1.29 is 14.3 Å². The number of carbonyl (C=O) groups excluding carboxylic acids is 1.